The van der Waals surface area contributed by atoms with Crippen molar-refractivity contribution in [1.82, 2.24) is 0 Å². The molecule has 1 saturated heterocycles. The Kier molecular flexibility index (Phi) is 1.31. The van der Waals surface area contributed by atoms with Crippen LogP contribution in [0.2, 0.25) is 0 Å². The standard InChI is InChI=1S/C8H12O2/c9-7-2-1-3-8(6-7)4-5-10-8/h1-6H2. The van der Waals surface area contributed by atoms with Crippen LogP contribution in [-0.4, -0.2) is 18.0 Å². The van der Waals surface area contributed by atoms with Crippen molar-refractivity contribution in [3.05, 3.63) is 0 Å². The Morgan fingerprint density at radius 3 is 2.60 bits per heavy atom. The molecule has 0 aromatic heterocycles. The van der Waals surface area contributed by atoms with Crippen molar-refractivity contribution >= 4 is 5.78 Å². The molecule has 0 aromatic rings. The van der Waals surface area contributed by atoms with Crippen LogP contribution in [0.1, 0.15) is 32.1 Å². The summed E-state index contributed by atoms with van der Waals surface area (Å²) in [6.45, 7) is 0.868. The van der Waals surface area contributed by atoms with E-state index in [2.05, 4.69) is 0 Å². The molecule has 1 unspecified atom stereocenters. The van der Waals surface area contributed by atoms with Crippen LogP contribution in [0.25, 0.3) is 0 Å². The highest BCUT2D eigenvalue weighted by Gasteiger charge is 2.41. The Labute approximate surface area is 60.6 Å². The number of hydrogen-bond acceptors (Lipinski definition) is 2. The van der Waals surface area contributed by atoms with Crippen molar-refractivity contribution < 1.29 is 9.53 Å². The molecule has 2 fully saturated rings. The van der Waals surface area contributed by atoms with Gasteiger partial charge in [0.2, 0.25) is 0 Å². The first-order chi connectivity index (χ1) is 4.81. The molecule has 0 amide bonds. The number of Topliss-reactive ketones (excluding diaryl/α,β-unsaturated/α-hetero) is 1. The average molecular weight is 140 g/mol. The first-order valence-corrected chi connectivity index (χ1v) is 3.96. The van der Waals surface area contributed by atoms with Crippen LogP contribution in [0.4, 0.5) is 0 Å². The van der Waals surface area contributed by atoms with Gasteiger partial charge in [-0.3, -0.25) is 4.79 Å². The van der Waals surface area contributed by atoms with Crippen molar-refractivity contribution in [2.24, 2.45) is 0 Å². The van der Waals surface area contributed by atoms with Gasteiger partial charge in [-0.05, 0) is 12.8 Å². The highest BCUT2D eigenvalue weighted by Crippen LogP contribution is 2.38. The third-order valence-electron chi connectivity index (χ3n) is 2.57. The number of carbonyl (C=O) groups is 1. The Balaban J connectivity index is 2.02. The van der Waals surface area contributed by atoms with Crippen LogP contribution < -0.4 is 0 Å². The minimum Gasteiger partial charge on any atom is -0.374 e. The number of ether oxygens (including phenoxy) is 1. The second-order valence-electron chi connectivity index (χ2n) is 3.35. The van der Waals surface area contributed by atoms with E-state index in [0.29, 0.717) is 12.2 Å². The van der Waals surface area contributed by atoms with Gasteiger partial charge < -0.3 is 4.74 Å². The summed E-state index contributed by atoms with van der Waals surface area (Å²) in [5, 5.41) is 0. The lowest BCUT2D eigenvalue weighted by Gasteiger charge is -2.43. The molecule has 0 aromatic carbocycles. The van der Waals surface area contributed by atoms with Crippen LogP contribution in [0.5, 0.6) is 0 Å². The lowest BCUT2D eigenvalue weighted by Crippen LogP contribution is -2.47. The number of ketones is 1. The summed E-state index contributed by atoms with van der Waals surface area (Å²) in [5.74, 6) is 0.394. The van der Waals surface area contributed by atoms with Crippen LogP contribution in [-0.2, 0) is 9.53 Å². The van der Waals surface area contributed by atoms with Crippen molar-refractivity contribution in [1.29, 1.82) is 0 Å². The molecule has 10 heavy (non-hydrogen) atoms. The monoisotopic (exact) mass is 140 g/mol. The molecular formula is C8H12O2. The van der Waals surface area contributed by atoms with Crippen molar-refractivity contribution in [2.45, 2.75) is 37.7 Å². The predicted octanol–water partition coefficient (Wildman–Crippen LogP) is 1.29. The van der Waals surface area contributed by atoms with Gasteiger partial charge in [-0.1, -0.05) is 0 Å². The topological polar surface area (TPSA) is 26.3 Å². The SMILES string of the molecule is O=C1CCCC2(CCO2)C1. The first-order valence-electron chi connectivity index (χ1n) is 3.96. The van der Waals surface area contributed by atoms with Crippen LogP contribution in [0.3, 0.4) is 0 Å². The fourth-order valence-electron chi connectivity index (χ4n) is 1.87. The molecule has 0 bridgehead atoms. The fraction of sp³-hybridized carbons (Fsp3) is 0.875. The third kappa shape index (κ3) is 0.870. The van der Waals surface area contributed by atoms with Crippen molar-refractivity contribution in [2.75, 3.05) is 6.61 Å². The summed E-state index contributed by atoms with van der Waals surface area (Å²) < 4.78 is 5.41. The lowest BCUT2D eigenvalue weighted by molar-refractivity contribution is -0.171. The molecular weight excluding hydrogens is 128 g/mol. The molecule has 2 nitrogen and oxygen atoms in total. The molecule has 1 aliphatic heterocycles. The molecule has 1 atom stereocenters. The van der Waals surface area contributed by atoms with Gasteiger partial charge >= 0.3 is 0 Å². The van der Waals surface area contributed by atoms with E-state index in [0.717, 1.165) is 32.3 Å². The molecule has 56 valence electrons. The van der Waals surface area contributed by atoms with E-state index >= 15 is 0 Å². The second kappa shape index (κ2) is 2.06. The largest absolute Gasteiger partial charge is 0.374 e. The van der Waals surface area contributed by atoms with Gasteiger partial charge in [0.15, 0.2) is 0 Å². The number of rotatable bonds is 0. The highest BCUT2D eigenvalue weighted by atomic mass is 16.5. The van der Waals surface area contributed by atoms with E-state index in [9.17, 15) is 4.79 Å². The number of hydrogen-bond donors (Lipinski definition) is 0. The quantitative estimate of drug-likeness (QED) is 0.506. The predicted molar refractivity (Wildman–Crippen MR) is 36.8 cm³/mol. The Morgan fingerprint density at radius 2 is 2.20 bits per heavy atom. The average Bonchev–Trinajstić information content (AvgIpc) is 1.85. The summed E-state index contributed by atoms with van der Waals surface area (Å²) in [5.41, 5.74) is 0.0231. The van der Waals surface area contributed by atoms with Crippen molar-refractivity contribution in [3.8, 4) is 0 Å². The molecule has 1 aliphatic carbocycles. The minimum absolute atomic E-state index is 0.0231. The van der Waals surface area contributed by atoms with Crippen LogP contribution >= 0.6 is 0 Å². The molecule has 1 heterocycles. The summed E-state index contributed by atoms with van der Waals surface area (Å²) in [4.78, 5) is 11.0. The zero-order valence-electron chi connectivity index (χ0n) is 6.06. The second-order valence-corrected chi connectivity index (χ2v) is 3.35. The Bertz CT molecular complexity index is 159. The zero-order valence-corrected chi connectivity index (χ0v) is 6.06. The van der Waals surface area contributed by atoms with Gasteiger partial charge in [0, 0.05) is 19.3 Å². The first kappa shape index (κ1) is 6.35. The molecule has 0 N–H and O–H groups in total. The normalized spacial score (nSPS) is 39.8. The Morgan fingerprint density at radius 1 is 1.40 bits per heavy atom. The number of carbonyl (C=O) groups excluding carboxylic acids is 1. The molecule has 2 rings (SSSR count). The van der Waals surface area contributed by atoms with Gasteiger partial charge in [0.25, 0.3) is 0 Å². The van der Waals surface area contributed by atoms with Crippen molar-refractivity contribution in [3.63, 3.8) is 0 Å². The van der Waals surface area contributed by atoms with Gasteiger partial charge in [-0.25, -0.2) is 0 Å². The molecule has 2 heteroatoms. The maximum absolute atomic E-state index is 11.0. The van der Waals surface area contributed by atoms with Crippen LogP contribution in [0, 0.1) is 0 Å². The maximum atomic E-state index is 11.0. The van der Waals surface area contributed by atoms with E-state index in [-0.39, 0.29) is 5.60 Å². The molecule has 1 saturated carbocycles. The summed E-state index contributed by atoms with van der Waals surface area (Å²) in [6.07, 6.45) is 4.73. The fourth-order valence-corrected chi connectivity index (χ4v) is 1.87. The zero-order chi connectivity index (χ0) is 7.03. The molecule has 2 aliphatic rings. The van der Waals surface area contributed by atoms with E-state index in [4.69, 9.17) is 4.74 Å². The maximum Gasteiger partial charge on any atom is 0.135 e. The van der Waals surface area contributed by atoms with E-state index in [1.165, 1.54) is 0 Å². The summed E-state index contributed by atoms with van der Waals surface area (Å²) in [7, 11) is 0. The van der Waals surface area contributed by atoms with E-state index in [1.54, 1.807) is 0 Å². The Hall–Kier alpha value is -0.370. The van der Waals surface area contributed by atoms with Gasteiger partial charge in [-0.2, -0.15) is 0 Å². The molecule has 0 radical (unpaired) electrons. The molecule has 1 spiro atoms. The van der Waals surface area contributed by atoms with E-state index in [1.807, 2.05) is 0 Å². The van der Waals surface area contributed by atoms with E-state index < -0.39 is 0 Å². The lowest BCUT2D eigenvalue weighted by atomic mass is 9.79. The van der Waals surface area contributed by atoms with Crippen LogP contribution in [0.15, 0.2) is 0 Å². The smallest absolute Gasteiger partial charge is 0.135 e. The summed E-state index contributed by atoms with van der Waals surface area (Å²) in [6, 6.07) is 0. The van der Waals surface area contributed by atoms with Gasteiger partial charge in [0.05, 0.1) is 12.2 Å². The minimum atomic E-state index is 0.0231. The van der Waals surface area contributed by atoms with Gasteiger partial charge in [0.1, 0.15) is 5.78 Å². The highest BCUT2D eigenvalue weighted by molar-refractivity contribution is 5.80. The summed E-state index contributed by atoms with van der Waals surface area (Å²) >= 11 is 0. The van der Waals surface area contributed by atoms with Gasteiger partial charge in [-0.15, -0.1) is 0 Å². The third-order valence-corrected chi connectivity index (χ3v) is 2.57.